The van der Waals surface area contributed by atoms with E-state index >= 15 is 0 Å². The van der Waals surface area contributed by atoms with Crippen molar-refractivity contribution in [2.75, 3.05) is 11.4 Å². The molecule has 1 heterocycles. The summed E-state index contributed by atoms with van der Waals surface area (Å²) in [6, 6.07) is 16.4. The normalized spacial score (nSPS) is 19.3. The highest BCUT2D eigenvalue weighted by Gasteiger charge is 2.48. The van der Waals surface area contributed by atoms with Crippen molar-refractivity contribution in [3.63, 3.8) is 0 Å². The van der Waals surface area contributed by atoms with Gasteiger partial charge in [0.25, 0.3) is 5.91 Å². The first kappa shape index (κ1) is 14.1. The van der Waals surface area contributed by atoms with Gasteiger partial charge in [0.15, 0.2) is 0 Å². The van der Waals surface area contributed by atoms with E-state index in [2.05, 4.69) is 18.4 Å². The van der Waals surface area contributed by atoms with Crippen molar-refractivity contribution in [2.24, 2.45) is 0 Å². The van der Waals surface area contributed by atoms with Gasteiger partial charge in [0, 0.05) is 17.7 Å². The minimum absolute atomic E-state index is 0.338. The van der Waals surface area contributed by atoms with Crippen molar-refractivity contribution in [3.05, 3.63) is 78.4 Å². The molecule has 3 rings (SSSR count). The summed E-state index contributed by atoms with van der Waals surface area (Å²) in [5.74, 6) is 5.20. The standard InChI is InChI=1S/C19H15NO2/c1-2-14-20-17-11-7-6-10-16(17)19(22,18(20)21)13-12-15-8-4-3-5-9-15/h2-11,22H,1,14H2. The molecule has 0 bridgehead atoms. The highest BCUT2D eigenvalue weighted by atomic mass is 16.3. The second-order valence-corrected chi connectivity index (χ2v) is 5.05. The van der Waals surface area contributed by atoms with Crippen molar-refractivity contribution in [1.29, 1.82) is 0 Å². The highest BCUT2D eigenvalue weighted by Crippen LogP contribution is 2.39. The van der Waals surface area contributed by atoms with E-state index in [1.807, 2.05) is 36.4 Å². The van der Waals surface area contributed by atoms with Crippen molar-refractivity contribution < 1.29 is 9.90 Å². The van der Waals surface area contributed by atoms with Gasteiger partial charge in [-0.25, -0.2) is 0 Å². The van der Waals surface area contributed by atoms with Gasteiger partial charge in [-0.2, -0.15) is 0 Å². The van der Waals surface area contributed by atoms with Gasteiger partial charge < -0.3 is 10.0 Å². The molecule has 108 valence electrons. The van der Waals surface area contributed by atoms with Crippen molar-refractivity contribution in [1.82, 2.24) is 0 Å². The Morgan fingerprint density at radius 2 is 1.82 bits per heavy atom. The molecule has 0 fully saturated rings. The van der Waals surface area contributed by atoms with Gasteiger partial charge in [-0.05, 0) is 24.1 Å². The molecule has 2 aromatic rings. The Morgan fingerprint density at radius 1 is 1.14 bits per heavy atom. The van der Waals surface area contributed by atoms with Gasteiger partial charge >= 0.3 is 0 Å². The van der Waals surface area contributed by atoms with Crippen molar-refractivity contribution >= 4 is 11.6 Å². The van der Waals surface area contributed by atoms with Crippen LogP contribution < -0.4 is 4.90 Å². The molecule has 0 radical (unpaired) electrons. The molecular weight excluding hydrogens is 274 g/mol. The molecule has 0 saturated heterocycles. The first-order chi connectivity index (χ1) is 10.7. The van der Waals surface area contributed by atoms with E-state index in [1.54, 1.807) is 24.3 Å². The number of amides is 1. The van der Waals surface area contributed by atoms with Gasteiger partial charge in [-0.15, -0.1) is 6.58 Å². The van der Waals surface area contributed by atoms with E-state index in [4.69, 9.17) is 0 Å². The smallest absolute Gasteiger partial charge is 0.276 e. The van der Waals surface area contributed by atoms with E-state index in [9.17, 15) is 9.90 Å². The quantitative estimate of drug-likeness (QED) is 0.681. The first-order valence-corrected chi connectivity index (χ1v) is 7.00. The van der Waals surface area contributed by atoms with Gasteiger partial charge in [-0.1, -0.05) is 48.4 Å². The zero-order chi connectivity index (χ0) is 15.6. The lowest BCUT2D eigenvalue weighted by Crippen LogP contribution is -2.39. The lowest BCUT2D eigenvalue weighted by molar-refractivity contribution is -0.130. The summed E-state index contributed by atoms with van der Waals surface area (Å²) in [7, 11) is 0. The SMILES string of the molecule is C=CCN1C(=O)C(O)(C#Cc2ccccc2)c2ccccc21. The fraction of sp³-hybridized carbons (Fsp3) is 0.105. The monoisotopic (exact) mass is 289 g/mol. The summed E-state index contributed by atoms with van der Waals surface area (Å²) in [5, 5.41) is 10.9. The number of rotatable bonds is 2. The number of anilines is 1. The Kier molecular flexibility index (Phi) is 3.54. The van der Waals surface area contributed by atoms with Crippen LogP contribution >= 0.6 is 0 Å². The van der Waals surface area contributed by atoms with Crippen LogP contribution in [0.15, 0.2) is 67.3 Å². The lowest BCUT2D eigenvalue weighted by Gasteiger charge is -2.17. The molecule has 1 N–H and O–H groups in total. The van der Waals surface area contributed by atoms with Gasteiger partial charge in [0.05, 0.1) is 5.69 Å². The number of carbonyl (C=O) groups excluding carboxylic acids is 1. The number of carbonyl (C=O) groups is 1. The maximum Gasteiger partial charge on any atom is 0.276 e. The minimum atomic E-state index is -1.81. The summed E-state index contributed by atoms with van der Waals surface area (Å²) < 4.78 is 0. The molecule has 0 aliphatic carbocycles. The third-order valence-corrected chi connectivity index (χ3v) is 3.61. The Bertz CT molecular complexity index is 786. The van der Waals surface area contributed by atoms with Crippen LogP contribution in [0, 0.1) is 11.8 Å². The van der Waals surface area contributed by atoms with Crippen LogP contribution in [0.4, 0.5) is 5.69 Å². The molecule has 1 aliphatic rings. The number of nitrogens with zero attached hydrogens (tertiary/aromatic N) is 1. The predicted octanol–water partition coefficient (Wildman–Crippen LogP) is 2.46. The van der Waals surface area contributed by atoms with Crippen LogP contribution in [0.25, 0.3) is 0 Å². The largest absolute Gasteiger partial charge is 0.366 e. The maximum absolute atomic E-state index is 12.6. The average molecular weight is 289 g/mol. The molecule has 1 atom stereocenters. The fourth-order valence-electron chi connectivity index (χ4n) is 2.55. The van der Waals surface area contributed by atoms with Gasteiger partial charge in [0.1, 0.15) is 0 Å². The van der Waals surface area contributed by atoms with Crippen LogP contribution in [0.2, 0.25) is 0 Å². The Hall–Kier alpha value is -2.83. The average Bonchev–Trinajstić information content (AvgIpc) is 2.77. The summed E-state index contributed by atoms with van der Waals surface area (Å²) in [4.78, 5) is 14.1. The maximum atomic E-state index is 12.6. The van der Waals surface area contributed by atoms with Crippen LogP contribution in [0.5, 0.6) is 0 Å². The van der Waals surface area contributed by atoms with Crippen LogP contribution in [-0.2, 0) is 10.4 Å². The lowest BCUT2D eigenvalue weighted by atomic mass is 9.96. The third-order valence-electron chi connectivity index (χ3n) is 3.61. The second kappa shape index (κ2) is 5.51. The van der Waals surface area contributed by atoms with E-state index < -0.39 is 11.5 Å². The van der Waals surface area contributed by atoms with Crippen LogP contribution in [0.1, 0.15) is 11.1 Å². The summed E-state index contributed by atoms with van der Waals surface area (Å²) in [6.07, 6.45) is 1.63. The molecule has 2 aromatic carbocycles. The number of fused-ring (bicyclic) bond motifs is 1. The molecule has 1 amide bonds. The summed E-state index contributed by atoms with van der Waals surface area (Å²) in [5.41, 5.74) is 0.140. The minimum Gasteiger partial charge on any atom is -0.366 e. The van der Waals surface area contributed by atoms with Crippen molar-refractivity contribution in [2.45, 2.75) is 5.60 Å². The Morgan fingerprint density at radius 3 is 2.55 bits per heavy atom. The number of hydrogen-bond donors (Lipinski definition) is 1. The van der Waals surface area contributed by atoms with E-state index in [0.29, 0.717) is 17.8 Å². The first-order valence-electron chi connectivity index (χ1n) is 7.00. The fourth-order valence-corrected chi connectivity index (χ4v) is 2.55. The Labute approximate surface area is 129 Å². The Balaban J connectivity index is 2.08. The molecule has 3 heteroatoms. The molecule has 3 nitrogen and oxygen atoms in total. The number of hydrogen-bond acceptors (Lipinski definition) is 2. The molecule has 1 unspecified atom stereocenters. The molecule has 0 spiro atoms. The third kappa shape index (κ3) is 2.20. The van der Waals surface area contributed by atoms with E-state index in [1.165, 1.54) is 4.90 Å². The number of aliphatic hydroxyl groups is 1. The van der Waals surface area contributed by atoms with Crippen LogP contribution in [0.3, 0.4) is 0 Å². The molecule has 0 aromatic heterocycles. The molecular formula is C19H15NO2. The van der Waals surface area contributed by atoms with Gasteiger partial charge in [0.2, 0.25) is 5.60 Å². The molecule has 22 heavy (non-hydrogen) atoms. The molecule has 0 saturated carbocycles. The van der Waals surface area contributed by atoms with Crippen LogP contribution in [-0.4, -0.2) is 17.6 Å². The topological polar surface area (TPSA) is 40.5 Å². The number of benzene rings is 2. The van der Waals surface area contributed by atoms with Gasteiger partial charge in [-0.3, -0.25) is 4.79 Å². The van der Waals surface area contributed by atoms with E-state index in [-0.39, 0.29) is 0 Å². The highest BCUT2D eigenvalue weighted by molar-refractivity contribution is 6.09. The van der Waals surface area contributed by atoms with Crippen molar-refractivity contribution in [3.8, 4) is 11.8 Å². The number of para-hydroxylation sites is 1. The zero-order valence-electron chi connectivity index (χ0n) is 12.0. The predicted molar refractivity (Wildman–Crippen MR) is 86.2 cm³/mol. The van der Waals surface area contributed by atoms with E-state index in [0.717, 1.165) is 5.56 Å². The summed E-state index contributed by atoms with van der Waals surface area (Å²) in [6.45, 7) is 4.00. The zero-order valence-corrected chi connectivity index (χ0v) is 12.0. The molecule has 1 aliphatic heterocycles. The summed E-state index contributed by atoms with van der Waals surface area (Å²) >= 11 is 0. The second-order valence-electron chi connectivity index (χ2n) is 5.05.